The number of nitrogens with one attached hydrogen (secondary N) is 1. The predicted octanol–water partition coefficient (Wildman–Crippen LogP) is 2.00. The van der Waals surface area contributed by atoms with E-state index in [9.17, 15) is 4.79 Å². The van der Waals surface area contributed by atoms with Crippen LogP contribution in [0.4, 0.5) is 0 Å². The molecule has 1 aliphatic heterocycles. The molecule has 0 saturated carbocycles. The van der Waals surface area contributed by atoms with Crippen molar-refractivity contribution >= 4 is 16.7 Å². The van der Waals surface area contributed by atoms with E-state index in [1.807, 2.05) is 12.1 Å². The van der Waals surface area contributed by atoms with Crippen molar-refractivity contribution in [3.63, 3.8) is 0 Å². The SMILES string of the molecule is NC[C@H]1CC[C@@H](C(=O)NCCc2ccc3ccccc3c2)O1. The number of nitrogens with two attached hydrogens (primary N) is 1. The van der Waals surface area contributed by atoms with Gasteiger partial charge in [0.15, 0.2) is 0 Å². The molecule has 2 aromatic rings. The molecule has 0 spiro atoms. The average molecular weight is 298 g/mol. The molecule has 0 unspecified atom stereocenters. The number of hydrogen-bond acceptors (Lipinski definition) is 3. The molecule has 4 nitrogen and oxygen atoms in total. The Hall–Kier alpha value is -1.91. The van der Waals surface area contributed by atoms with Gasteiger partial charge in [0, 0.05) is 13.1 Å². The number of amides is 1. The van der Waals surface area contributed by atoms with Crippen LogP contribution in [0.2, 0.25) is 0 Å². The first-order valence-electron chi connectivity index (χ1n) is 7.87. The number of fused-ring (bicyclic) bond motifs is 1. The first-order valence-corrected chi connectivity index (χ1v) is 7.87. The highest BCUT2D eigenvalue weighted by Gasteiger charge is 2.29. The van der Waals surface area contributed by atoms with Gasteiger partial charge in [0.2, 0.25) is 5.91 Å². The Kier molecular flexibility index (Phi) is 4.71. The normalized spacial score (nSPS) is 21.1. The van der Waals surface area contributed by atoms with Crippen molar-refractivity contribution < 1.29 is 9.53 Å². The van der Waals surface area contributed by atoms with Gasteiger partial charge in [-0.05, 0) is 35.6 Å². The second-order valence-electron chi connectivity index (χ2n) is 5.78. The molecule has 3 N–H and O–H groups in total. The Morgan fingerprint density at radius 1 is 1.18 bits per heavy atom. The van der Waals surface area contributed by atoms with Crippen LogP contribution in [0.5, 0.6) is 0 Å². The molecule has 0 aromatic heterocycles. The van der Waals surface area contributed by atoms with Crippen LogP contribution in [0, 0.1) is 0 Å². The minimum Gasteiger partial charge on any atom is -0.364 e. The van der Waals surface area contributed by atoms with Gasteiger partial charge in [-0.1, -0.05) is 42.5 Å². The first kappa shape index (κ1) is 15.0. The first-order chi connectivity index (χ1) is 10.8. The van der Waals surface area contributed by atoms with Crippen LogP contribution in [-0.4, -0.2) is 31.2 Å². The van der Waals surface area contributed by atoms with Crippen LogP contribution in [-0.2, 0) is 16.0 Å². The molecule has 3 rings (SSSR count). The lowest BCUT2D eigenvalue weighted by atomic mass is 10.1. The van der Waals surface area contributed by atoms with Crippen molar-refractivity contribution in [3.8, 4) is 0 Å². The van der Waals surface area contributed by atoms with Gasteiger partial charge in [0.05, 0.1) is 6.10 Å². The third kappa shape index (κ3) is 3.46. The number of rotatable bonds is 5. The van der Waals surface area contributed by atoms with Crippen molar-refractivity contribution in [1.82, 2.24) is 5.32 Å². The van der Waals surface area contributed by atoms with E-state index in [-0.39, 0.29) is 18.1 Å². The summed E-state index contributed by atoms with van der Waals surface area (Å²) in [6.07, 6.45) is 2.17. The zero-order chi connectivity index (χ0) is 15.4. The van der Waals surface area contributed by atoms with Gasteiger partial charge in [-0.25, -0.2) is 0 Å². The van der Waals surface area contributed by atoms with Gasteiger partial charge in [0.25, 0.3) is 0 Å². The van der Waals surface area contributed by atoms with Crippen molar-refractivity contribution in [1.29, 1.82) is 0 Å². The highest BCUT2D eigenvalue weighted by molar-refractivity contribution is 5.83. The zero-order valence-corrected chi connectivity index (χ0v) is 12.6. The fourth-order valence-electron chi connectivity index (χ4n) is 2.91. The number of benzene rings is 2. The zero-order valence-electron chi connectivity index (χ0n) is 12.6. The van der Waals surface area contributed by atoms with Gasteiger partial charge >= 0.3 is 0 Å². The van der Waals surface area contributed by atoms with Crippen molar-refractivity contribution in [3.05, 3.63) is 48.0 Å². The molecule has 0 aliphatic carbocycles. The number of hydrogen-bond donors (Lipinski definition) is 2. The molecule has 1 saturated heterocycles. The fraction of sp³-hybridized carbons (Fsp3) is 0.389. The van der Waals surface area contributed by atoms with Gasteiger partial charge in [-0.15, -0.1) is 0 Å². The van der Waals surface area contributed by atoms with Gasteiger partial charge in [0.1, 0.15) is 6.10 Å². The minimum absolute atomic E-state index is 0.0169. The summed E-state index contributed by atoms with van der Waals surface area (Å²) in [4.78, 5) is 12.0. The maximum atomic E-state index is 12.0. The Balaban J connectivity index is 1.50. The summed E-state index contributed by atoms with van der Waals surface area (Å²) in [6, 6.07) is 14.7. The molecule has 1 heterocycles. The van der Waals surface area contributed by atoms with E-state index in [0.717, 1.165) is 19.3 Å². The average Bonchev–Trinajstić information content (AvgIpc) is 3.04. The molecule has 4 heteroatoms. The monoisotopic (exact) mass is 298 g/mol. The number of carbonyl (C=O) groups excluding carboxylic acids is 1. The molecule has 1 amide bonds. The van der Waals surface area contributed by atoms with Crippen LogP contribution in [0.15, 0.2) is 42.5 Å². The molecular weight excluding hydrogens is 276 g/mol. The van der Waals surface area contributed by atoms with Gasteiger partial charge < -0.3 is 15.8 Å². The third-order valence-electron chi connectivity index (χ3n) is 4.19. The van der Waals surface area contributed by atoms with Crippen LogP contribution < -0.4 is 11.1 Å². The summed E-state index contributed by atoms with van der Waals surface area (Å²) < 4.78 is 5.60. The van der Waals surface area contributed by atoms with Crippen LogP contribution in [0.25, 0.3) is 10.8 Å². The van der Waals surface area contributed by atoms with Crippen LogP contribution >= 0.6 is 0 Å². The fourth-order valence-corrected chi connectivity index (χ4v) is 2.91. The standard InChI is InChI=1S/C18H22N2O2/c19-12-16-7-8-17(22-16)18(21)20-10-9-13-5-6-14-3-1-2-4-15(14)11-13/h1-6,11,16-17H,7-10,12,19H2,(H,20,21)/t16-,17+/m1/s1. The summed E-state index contributed by atoms with van der Waals surface area (Å²) in [5, 5.41) is 5.43. The topological polar surface area (TPSA) is 64.4 Å². The summed E-state index contributed by atoms with van der Waals surface area (Å²) in [5.74, 6) is -0.0169. The van der Waals surface area contributed by atoms with E-state index in [2.05, 4.69) is 35.6 Å². The molecule has 2 atom stereocenters. The van der Waals surface area contributed by atoms with E-state index in [0.29, 0.717) is 13.1 Å². The Labute approximate surface area is 130 Å². The van der Waals surface area contributed by atoms with E-state index >= 15 is 0 Å². The van der Waals surface area contributed by atoms with Crippen molar-refractivity contribution in [2.24, 2.45) is 5.73 Å². The lowest BCUT2D eigenvalue weighted by molar-refractivity contribution is -0.131. The van der Waals surface area contributed by atoms with Crippen molar-refractivity contribution in [2.45, 2.75) is 31.5 Å². The second kappa shape index (κ2) is 6.90. The largest absolute Gasteiger partial charge is 0.364 e. The molecule has 2 aromatic carbocycles. The quantitative estimate of drug-likeness (QED) is 0.887. The highest BCUT2D eigenvalue weighted by atomic mass is 16.5. The number of ether oxygens (including phenoxy) is 1. The molecule has 116 valence electrons. The molecule has 22 heavy (non-hydrogen) atoms. The van der Waals surface area contributed by atoms with E-state index < -0.39 is 0 Å². The lowest BCUT2D eigenvalue weighted by Gasteiger charge is -2.12. The van der Waals surface area contributed by atoms with Crippen molar-refractivity contribution in [2.75, 3.05) is 13.1 Å². The summed E-state index contributed by atoms with van der Waals surface area (Å²) in [7, 11) is 0. The molecule has 0 bridgehead atoms. The number of carbonyl (C=O) groups is 1. The predicted molar refractivity (Wildman–Crippen MR) is 87.6 cm³/mol. The maximum absolute atomic E-state index is 12.0. The van der Waals surface area contributed by atoms with E-state index in [1.165, 1.54) is 16.3 Å². The summed E-state index contributed by atoms with van der Waals surface area (Å²) in [6.45, 7) is 1.12. The summed E-state index contributed by atoms with van der Waals surface area (Å²) in [5.41, 5.74) is 6.79. The third-order valence-corrected chi connectivity index (χ3v) is 4.19. The van der Waals surface area contributed by atoms with Crippen LogP contribution in [0.1, 0.15) is 18.4 Å². The van der Waals surface area contributed by atoms with Crippen LogP contribution in [0.3, 0.4) is 0 Å². The molecular formula is C18H22N2O2. The second-order valence-corrected chi connectivity index (χ2v) is 5.78. The Morgan fingerprint density at radius 2 is 2.00 bits per heavy atom. The van der Waals surface area contributed by atoms with Gasteiger partial charge in [-0.3, -0.25) is 4.79 Å². The summed E-state index contributed by atoms with van der Waals surface area (Å²) >= 11 is 0. The highest BCUT2D eigenvalue weighted by Crippen LogP contribution is 2.19. The Morgan fingerprint density at radius 3 is 2.77 bits per heavy atom. The lowest BCUT2D eigenvalue weighted by Crippen LogP contribution is -2.36. The van der Waals surface area contributed by atoms with E-state index in [4.69, 9.17) is 10.5 Å². The van der Waals surface area contributed by atoms with Gasteiger partial charge in [-0.2, -0.15) is 0 Å². The smallest absolute Gasteiger partial charge is 0.249 e. The Bertz CT molecular complexity index is 656. The van der Waals surface area contributed by atoms with E-state index in [1.54, 1.807) is 0 Å². The molecule has 0 radical (unpaired) electrons. The minimum atomic E-state index is -0.329. The molecule has 1 aliphatic rings. The molecule has 1 fully saturated rings. The maximum Gasteiger partial charge on any atom is 0.249 e.